The van der Waals surface area contributed by atoms with E-state index in [2.05, 4.69) is 26.0 Å². The zero-order valence-corrected chi connectivity index (χ0v) is 13.0. The maximum absolute atomic E-state index is 12.0. The Morgan fingerprint density at radius 2 is 1.90 bits per heavy atom. The van der Waals surface area contributed by atoms with Gasteiger partial charge in [-0.25, -0.2) is 0 Å². The molecule has 112 valence electrons. The summed E-state index contributed by atoms with van der Waals surface area (Å²) in [5, 5.41) is 2.82. The highest BCUT2D eigenvalue weighted by Crippen LogP contribution is 2.15. The van der Waals surface area contributed by atoms with Gasteiger partial charge >= 0.3 is 6.61 Å². The van der Waals surface area contributed by atoms with E-state index < -0.39 is 6.61 Å². The molecule has 0 fully saturated rings. The number of amides is 1. The summed E-state index contributed by atoms with van der Waals surface area (Å²) in [7, 11) is 0. The first-order valence-corrected chi connectivity index (χ1v) is 7.27. The Morgan fingerprint density at radius 1 is 1.30 bits per heavy atom. The molecule has 0 heterocycles. The van der Waals surface area contributed by atoms with Crippen LogP contribution in [-0.2, 0) is 11.2 Å². The highest BCUT2D eigenvalue weighted by atomic mass is 79.9. The number of hydrogen-bond acceptors (Lipinski definition) is 2. The standard InChI is InChI=1S/C14H18BrF2NO2/c1-9(2)12(15)13(19)18-8-7-10-3-5-11(6-4-10)20-14(16)17/h3-6,9,12,14H,7-8H2,1-2H3,(H,18,19). The van der Waals surface area contributed by atoms with Gasteiger partial charge in [0, 0.05) is 6.54 Å². The summed E-state index contributed by atoms with van der Waals surface area (Å²) in [6.45, 7) is 1.61. The van der Waals surface area contributed by atoms with Crippen molar-refractivity contribution in [1.29, 1.82) is 0 Å². The number of benzene rings is 1. The third-order valence-electron chi connectivity index (χ3n) is 2.70. The van der Waals surface area contributed by atoms with Crippen molar-refractivity contribution in [2.45, 2.75) is 31.7 Å². The highest BCUT2D eigenvalue weighted by molar-refractivity contribution is 9.10. The number of ether oxygens (including phenoxy) is 1. The van der Waals surface area contributed by atoms with Gasteiger partial charge in [0.1, 0.15) is 5.75 Å². The van der Waals surface area contributed by atoms with Crippen molar-refractivity contribution in [3.8, 4) is 5.75 Å². The predicted octanol–water partition coefficient (Wildman–Crippen LogP) is 3.37. The van der Waals surface area contributed by atoms with E-state index in [0.717, 1.165) is 5.56 Å². The highest BCUT2D eigenvalue weighted by Gasteiger charge is 2.17. The number of rotatable bonds is 7. The van der Waals surface area contributed by atoms with Gasteiger partial charge in [0.25, 0.3) is 0 Å². The number of carbonyl (C=O) groups is 1. The molecule has 1 atom stereocenters. The molecule has 20 heavy (non-hydrogen) atoms. The van der Waals surface area contributed by atoms with Crippen LogP contribution in [0.5, 0.6) is 5.75 Å². The molecule has 6 heteroatoms. The lowest BCUT2D eigenvalue weighted by molar-refractivity contribution is -0.121. The van der Waals surface area contributed by atoms with Crippen molar-refractivity contribution >= 4 is 21.8 Å². The van der Waals surface area contributed by atoms with Crippen molar-refractivity contribution < 1.29 is 18.3 Å². The number of carbonyl (C=O) groups excluding carboxylic acids is 1. The van der Waals surface area contributed by atoms with Gasteiger partial charge in [-0.1, -0.05) is 41.9 Å². The zero-order valence-electron chi connectivity index (χ0n) is 11.4. The predicted molar refractivity (Wildman–Crippen MR) is 77.3 cm³/mol. The van der Waals surface area contributed by atoms with Crippen LogP contribution in [0.2, 0.25) is 0 Å². The molecule has 0 aliphatic carbocycles. The van der Waals surface area contributed by atoms with E-state index >= 15 is 0 Å². The molecule has 0 spiro atoms. The Balaban J connectivity index is 2.37. The molecule has 1 unspecified atom stereocenters. The Hall–Kier alpha value is -1.17. The second-order valence-corrected chi connectivity index (χ2v) is 5.70. The largest absolute Gasteiger partial charge is 0.435 e. The van der Waals surface area contributed by atoms with Crippen LogP contribution in [0.25, 0.3) is 0 Å². The van der Waals surface area contributed by atoms with Crippen LogP contribution in [0, 0.1) is 5.92 Å². The lowest BCUT2D eigenvalue weighted by atomic mass is 10.1. The van der Waals surface area contributed by atoms with Crippen LogP contribution in [0.4, 0.5) is 8.78 Å². The van der Waals surface area contributed by atoms with Crippen molar-refractivity contribution in [2.24, 2.45) is 5.92 Å². The first-order valence-electron chi connectivity index (χ1n) is 6.35. The maximum atomic E-state index is 12.0. The van der Waals surface area contributed by atoms with E-state index in [-0.39, 0.29) is 22.4 Å². The fourth-order valence-electron chi connectivity index (χ4n) is 1.57. The molecule has 0 saturated carbocycles. The van der Waals surface area contributed by atoms with E-state index in [1.165, 1.54) is 12.1 Å². The monoisotopic (exact) mass is 349 g/mol. The van der Waals surface area contributed by atoms with E-state index in [4.69, 9.17) is 0 Å². The van der Waals surface area contributed by atoms with Gasteiger partial charge in [-0.05, 0) is 30.0 Å². The molecule has 1 aromatic rings. The van der Waals surface area contributed by atoms with Gasteiger partial charge in [0.05, 0.1) is 4.83 Å². The van der Waals surface area contributed by atoms with Crippen molar-refractivity contribution in [3.63, 3.8) is 0 Å². The van der Waals surface area contributed by atoms with Crippen molar-refractivity contribution in [1.82, 2.24) is 5.32 Å². The van der Waals surface area contributed by atoms with E-state index in [1.807, 2.05) is 13.8 Å². The quantitative estimate of drug-likeness (QED) is 0.766. The first kappa shape index (κ1) is 16.9. The molecular formula is C14H18BrF2NO2. The van der Waals surface area contributed by atoms with E-state index in [9.17, 15) is 13.6 Å². The molecule has 0 aromatic heterocycles. The maximum Gasteiger partial charge on any atom is 0.387 e. The minimum Gasteiger partial charge on any atom is -0.435 e. The topological polar surface area (TPSA) is 38.3 Å². The number of alkyl halides is 3. The first-order chi connectivity index (χ1) is 9.40. The zero-order chi connectivity index (χ0) is 15.1. The number of halogens is 3. The van der Waals surface area contributed by atoms with E-state index in [1.54, 1.807) is 12.1 Å². The number of hydrogen-bond donors (Lipinski definition) is 1. The van der Waals surface area contributed by atoms with Crippen LogP contribution in [0.15, 0.2) is 24.3 Å². The van der Waals surface area contributed by atoms with Crippen molar-refractivity contribution in [2.75, 3.05) is 6.54 Å². The Morgan fingerprint density at radius 3 is 2.40 bits per heavy atom. The summed E-state index contributed by atoms with van der Waals surface area (Å²) in [4.78, 5) is 11.5. The van der Waals surface area contributed by atoms with Gasteiger partial charge < -0.3 is 10.1 Å². The summed E-state index contributed by atoms with van der Waals surface area (Å²) in [5.74, 6) is 0.312. The van der Waals surface area contributed by atoms with Crippen LogP contribution in [-0.4, -0.2) is 23.9 Å². The molecule has 3 nitrogen and oxygen atoms in total. The summed E-state index contributed by atoms with van der Waals surface area (Å²) in [5.41, 5.74) is 0.947. The Bertz CT molecular complexity index is 424. The third kappa shape index (κ3) is 5.86. The minimum absolute atomic E-state index is 0.0438. The summed E-state index contributed by atoms with van der Waals surface area (Å²) in [6.07, 6.45) is 0.637. The second kappa shape index (κ2) is 8.19. The molecular weight excluding hydrogens is 332 g/mol. The third-order valence-corrected chi connectivity index (χ3v) is 4.17. The fraction of sp³-hybridized carbons (Fsp3) is 0.500. The SMILES string of the molecule is CC(C)C(Br)C(=O)NCCc1ccc(OC(F)F)cc1. The van der Waals surface area contributed by atoms with Gasteiger partial charge in [0.2, 0.25) is 5.91 Å². The molecule has 0 bridgehead atoms. The fourth-order valence-corrected chi connectivity index (χ4v) is 1.73. The minimum atomic E-state index is -2.81. The van der Waals surface area contributed by atoms with Crippen LogP contribution >= 0.6 is 15.9 Å². The molecule has 0 aliphatic rings. The summed E-state index contributed by atoms with van der Waals surface area (Å²) >= 11 is 3.33. The normalized spacial score (nSPS) is 12.6. The van der Waals surface area contributed by atoms with Gasteiger partial charge in [-0.2, -0.15) is 8.78 Å². The van der Waals surface area contributed by atoms with Gasteiger partial charge in [-0.3, -0.25) is 4.79 Å². The Labute approximate surface area is 125 Å². The molecule has 0 aliphatic heterocycles. The molecule has 1 aromatic carbocycles. The molecule has 1 N–H and O–H groups in total. The lowest BCUT2D eigenvalue weighted by Gasteiger charge is -2.13. The van der Waals surface area contributed by atoms with Crippen LogP contribution in [0.3, 0.4) is 0 Å². The van der Waals surface area contributed by atoms with Gasteiger partial charge in [0.15, 0.2) is 0 Å². The molecule has 1 rings (SSSR count). The number of nitrogens with one attached hydrogen (secondary N) is 1. The van der Waals surface area contributed by atoms with E-state index in [0.29, 0.717) is 13.0 Å². The lowest BCUT2D eigenvalue weighted by Crippen LogP contribution is -2.35. The molecule has 0 radical (unpaired) electrons. The van der Waals surface area contributed by atoms with Crippen molar-refractivity contribution in [3.05, 3.63) is 29.8 Å². The van der Waals surface area contributed by atoms with Crippen LogP contribution in [0.1, 0.15) is 19.4 Å². The van der Waals surface area contributed by atoms with Gasteiger partial charge in [-0.15, -0.1) is 0 Å². The summed E-state index contributed by atoms with van der Waals surface area (Å²) in [6, 6.07) is 6.39. The Kier molecular flexibility index (Phi) is 6.91. The average Bonchev–Trinajstić information content (AvgIpc) is 2.39. The second-order valence-electron chi connectivity index (χ2n) is 4.71. The smallest absolute Gasteiger partial charge is 0.387 e. The molecule has 0 saturated heterocycles. The van der Waals surface area contributed by atoms with Crippen LogP contribution < -0.4 is 10.1 Å². The average molecular weight is 350 g/mol. The molecule has 1 amide bonds. The summed E-state index contributed by atoms with van der Waals surface area (Å²) < 4.78 is 28.2.